The molecule has 1 aromatic rings. The summed E-state index contributed by atoms with van der Waals surface area (Å²) in [5.41, 5.74) is -0.416. The molecule has 0 bridgehead atoms. The van der Waals surface area contributed by atoms with E-state index in [9.17, 15) is 9.59 Å². The zero-order valence-corrected chi connectivity index (χ0v) is 12.8. The summed E-state index contributed by atoms with van der Waals surface area (Å²) in [6.07, 6.45) is 1.67. The van der Waals surface area contributed by atoms with Crippen LogP contribution in [0, 0.1) is 3.57 Å². The molecule has 1 rings (SSSR count). The summed E-state index contributed by atoms with van der Waals surface area (Å²) in [5, 5.41) is 5.83. The van der Waals surface area contributed by atoms with E-state index >= 15 is 0 Å². The molecule has 1 amide bonds. The second-order valence-electron chi connectivity index (χ2n) is 4.87. The minimum Gasteiger partial charge on any atom is -0.368 e. The quantitative estimate of drug-likeness (QED) is 0.699. The third kappa shape index (κ3) is 5.03. The number of aromatic amines is 1. The van der Waals surface area contributed by atoms with Gasteiger partial charge in [0.2, 0.25) is 5.91 Å². The van der Waals surface area contributed by atoms with Gasteiger partial charge in [-0.2, -0.15) is 0 Å². The van der Waals surface area contributed by atoms with E-state index in [1.54, 1.807) is 0 Å². The number of aromatic nitrogens is 2. The highest BCUT2D eigenvalue weighted by Crippen LogP contribution is 2.08. The van der Waals surface area contributed by atoms with Crippen LogP contribution in [0.15, 0.2) is 11.1 Å². The van der Waals surface area contributed by atoms with E-state index in [0.29, 0.717) is 22.4 Å². The molecule has 0 saturated heterocycles. The van der Waals surface area contributed by atoms with Crippen molar-refractivity contribution in [3.8, 4) is 0 Å². The van der Waals surface area contributed by atoms with Crippen molar-refractivity contribution in [3.05, 3.63) is 20.3 Å². The number of anilines is 1. The summed E-state index contributed by atoms with van der Waals surface area (Å²) < 4.78 is 0.492. The van der Waals surface area contributed by atoms with Crippen LogP contribution in [-0.4, -0.2) is 28.0 Å². The topological polar surface area (TPSA) is 86.9 Å². The van der Waals surface area contributed by atoms with Gasteiger partial charge in [-0.1, -0.05) is 0 Å². The predicted octanol–water partition coefficient (Wildman–Crippen LogP) is 1.09. The Hall–Kier alpha value is -1.12. The number of halogens is 1. The van der Waals surface area contributed by atoms with E-state index < -0.39 is 0 Å². The molecule has 0 aliphatic rings. The van der Waals surface area contributed by atoms with Gasteiger partial charge in [0.05, 0.1) is 6.33 Å². The zero-order valence-electron chi connectivity index (χ0n) is 10.6. The highest BCUT2D eigenvalue weighted by atomic mass is 127. The van der Waals surface area contributed by atoms with E-state index in [1.165, 1.54) is 6.33 Å². The Morgan fingerprint density at radius 1 is 1.50 bits per heavy atom. The Morgan fingerprint density at radius 3 is 2.78 bits per heavy atom. The zero-order chi connectivity index (χ0) is 13.8. The van der Waals surface area contributed by atoms with Crippen LogP contribution in [0.2, 0.25) is 0 Å². The molecule has 3 N–H and O–H groups in total. The highest BCUT2D eigenvalue weighted by molar-refractivity contribution is 14.1. The van der Waals surface area contributed by atoms with Gasteiger partial charge in [0, 0.05) is 18.5 Å². The van der Waals surface area contributed by atoms with E-state index in [-0.39, 0.29) is 17.0 Å². The van der Waals surface area contributed by atoms with Gasteiger partial charge in [0.25, 0.3) is 5.56 Å². The van der Waals surface area contributed by atoms with Crippen molar-refractivity contribution < 1.29 is 4.79 Å². The number of amides is 1. The monoisotopic (exact) mass is 364 g/mol. The van der Waals surface area contributed by atoms with Gasteiger partial charge in [-0.15, -0.1) is 0 Å². The van der Waals surface area contributed by atoms with Gasteiger partial charge >= 0.3 is 0 Å². The largest absolute Gasteiger partial charge is 0.368 e. The molecule has 1 heterocycles. The van der Waals surface area contributed by atoms with Crippen LogP contribution in [0.4, 0.5) is 5.82 Å². The lowest BCUT2D eigenvalue weighted by molar-refractivity contribution is -0.122. The predicted molar refractivity (Wildman–Crippen MR) is 78.6 cm³/mol. The molecule has 1 aromatic heterocycles. The first kappa shape index (κ1) is 14.9. The van der Waals surface area contributed by atoms with E-state index in [0.717, 1.165) is 0 Å². The second-order valence-corrected chi connectivity index (χ2v) is 5.95. The van der Waals surface area contributed by atoms with E-state index in [1.807, 2.05) is 43.4 Å². The third-order valence-electron chi connectivity index (χ3n) is 1.96. The van der Waals surface area contributed by atoms with Gasteiger partial charge in [-0.25, -0.2) is 4.98 Å². The Kier molecular flexibility index (Phi) is 5.12. The lowest BCUT2D eigenvalue weighted by Gasteiger charge is -2.20. The maximum Gasteiger partial charge on any atom is 0.266 e. The van der Waals surface area contributed by atoms with Crippen LogP contribution in [0.3, 0.4) is 0 Å². The molecule has 0 aliphatic carbocycles. The number of carbonyl (C=O) groups is 1. The molecule has 18 heavy (non-hydrogen) atoms. The highest BCUT2D eigenvalue weighted by Gasteiger charge is 2.13. The Bertz CT molecular complexity index is 479. The number of hydrogen-bond donors (Lipinski definition) is 3. The first-order valence-corrected chi connectivity index (χ1v) is 6.65. The molecule has 0 radical (unpaired) electrons. The summed E-state index contributed by atoms with van der Waals surface area (Å²) in [6, 6.07) is 0. The number of nitrogens with one attached hydrogen (secondary N) is 3. The van der Waals surface area contributed by atoms with Crippen LogP contribution in [-0.2, 0) is 4.79 Å². The molecule has 6 nitrogen and oxygen atoms in total. The average molecular weight is 364 g/mol. The number of rotatable bonds is 4. The molecule has 0 spiro atoms. The van der Waals surface area contributed by atoms with Crippen molar-refractivity contribution in [2.24, 2.45) is 0 Å². The first-order chi connectivity index (χ1) is 8.29. The molecule has 0 aromatic carbocycles. The number of carbonyl (C=O) groups excluding carboxylic acids is 1. The van der Waals surface area contributed by atoms with Crippen molar-refractivity contribution in [2.45, 2.75) is 32.7 Å². The summed E-state index contributed by atoms with van der Waals surface area (Å²) in [4.78, 5) is 29.3. The van der Waals surface area contributed by atoms with Crippen molar-refractivity contribution in [1.82, 2.24) is 15.3 Å². The molecule has 100 valence electrons. The van der Waals surface area contributed by atoms with Gasteiger partial charge in [-0.05, 0) is 43.4 Å². The van der Waals surface area contributed by atoms with Gasteiger partial charge < -0.3 is 15.6 Å². The molecule has 0 unspecified atom stereocenters. The van der Waals surface area contributed by atoms with Crippen LogP contribution in [0.5, 0.6) is 0 Å². The lowest BCUT2D eigenvalue weighted by atomic mass is 10.1. The molecular weight excluding hydrogens is 347 g/mol. The molecule has 0 saturated carbocycles. The standard InChI is InChI=1S/C11H17IN4O2/c1-11(2,3)16-7(17)4-5-13-9-8(12)10(18)15-6-14-9/h6H,4-5H2,1-3H3,(H,16,17)(H2,13,14,15,18). The third-order valence-corrected chi connectivity index (χ3v) is 2.96. The summed E-state index contributed by atoms with van der Waals surface area (Å²) in [7, 11) is 0. The Balaban J connectivity index is 2.45. The lowest BCUT2D eigenvalue weighted by Crippen LogP contribution is -2.41. The molecule has 0 aliphatic heterocycles. The number of H-pyrrole nitrogens is 1. The second kappa shape index (κ2) is 6.17. The summed E-state index contributed by atoms with van der Waals surface area (Å²) in [5.74, 6) is 0.470. The van der Waals surface area contributed by atoms with Crippen LogP contribution in [0.25, 0.3) is 0 Å². The van der Waals surface area contributed by atoms with E-state index in [4.69, 9.17) is 0 Å². The van der Waals surface area contributed by atoms with Crippen LogP contribution >= 0.6 is 22.6 Å². The Labute approximate surface area is 119 Å². The molecular formula is C11H17IN4O2. The fourth-order valence-corrected chi connectivity index (χ4v) is 1.77. The van der Waals surface area contributed by atoms with Gasteiger partial charge in [0.1, 0.15) is 9.39 Å². The average Bonchev–Trinajstić information content (AvgIpc) is 2.21. The van der Waals surface area contributed by atoms with Crippen molar-refractivity contribution in [2.75, 3.05) is 11.9 Å². The van der Waals surface area contributed by atoms with Gasteiger partial charge in [0.15, 0.2) is 0 Å². The maximum absolute atomic E-state index is 11.6. The minimum atomic E-state index is -0.229. The summed E-state index contributed by atoms with van der Waals surface area (Å²) in [6.45, 7) is 6.23. The molecule has 0 atom stereocenters. The first-order valence-electron chi connectivity index (χ1n) is 5.57. The van der Waals surface area contributed by atoms with Crippen LogP contribution in [0.1, 0.15) is 27.2 Å². The van der Waals surface area contributed by atoms with Gasteiger partial charge in [-0.3, -0.25) is 9.59 Å². The molecule has 0 fully saturated rings. The van der Waals surface area contributed by atoms with Crippen molar-refractivity contribution >= 4 is 34.3 Å². The van der Waals surface area contributed by atoms with E-state index in [2.05, 4.69) is 20.6 Å². The fraction of sp³-hybridized carbons (Fsp3) is 0.545. The maximum atomic E-state index is 11.6. The molecule has 7 heteroatoms. The summed E-state index contributed by atoms with van der Waals surface area (Å²) >= 11 is 1.91. The number of hydrogen-bond acceptors (Lipinski definition) is 4. The smallest absolute Gasteiger partial charge is 0.266 e. The van der Waals surface area contributed by atoms with Crippen LogP contribution < -0.4 is 16.2 Å². The van der Waals surface area contributed by atoms with Crippen molar-refractivity contribution in [3.63, 3.8) is 0 Å². The minimum absolute atomic E-state index is 0.0325. The fourth-order valence-electron chi connectivity index (χ4n) is 1.28. The Morgan fingerprint density at radius 2 is 2.17 bits per heavy atom. The SMILES string of the molecule is CC(C)(C)NC(=O)CCNc1nc[nH]c(=O)c1I. The number of nitrogens with zero attached hydrogens (tertiary/aromatic N) is 1. The normalized spacial score (nSPS) is 11.1. The van der Waals surface area contributed by atoms with Crippen molar-refractivity contribution in [1.29, 1.82) is 0 Å².